The Morgan fingerprint density at radius 2 is 1.87 bits per heavy atom. The largest absolute Gasteiger partial charge is 0.494 e. The van der Waals surface area contributed by atoms with Crippen LogP contribution in [0.25, 0.3) is 0 Å². The Balaban J connectivity index is 2.78. The van der Waals surface area contributed by atoms with Crippen LogP contribution in [0.15, 0.2) is 24.3 Å². The van der Waals surface area contributed by atoms with E-state index in [9.17, 15) is 0 Å². The van der Waals surface area contributed by atoms with Crippen molar-refractivity contribution in [3.05, 3.63) is 29.8 Å². The Hall–Kier alpha value is -1.06. The van der Waals surface area contributed by atoms with Crippen molar-refractivity contribution in [1.29, 1.82) is 0 Å². The molecular weight excluding hydrogens is 190 g/mol. The highest BCUT2D eigenvalue weighted by Crippen LogP contribution is 2.21. The van der Waals surface area contributed by atoms with Crippen LogP contribution in [0.1, 0.15) is 19.4 Å². The molecule has 3 heteroatoms. The standard InChI is InChI=1S/C12H19NO2/c1-4-15-11-7-5-10(6-8-11)12(2,13)9-14-3/h5-8H,4,9,13H2,1-3H3. The summed E-state index contributed by atoms with van der Waals surface area (Å²) in [6.45, 7) is 5.09. The number of hydrogen-bond acceptors (Lipinski definition) is 3. The van der Waals surface area contributed by atoms with Gasteiger partial charge in [0, 0.05) is 7.11 Å². The van der Waals surface area contributed by atoms with E-state index in [0.29, 0.717) is 13.2 Å². The molecule has 0 saturated carbocycles. The van der Waals surface area contributed by atoms with Gasteiger partial charge in [0.25, 0.3) is 0 Å². The summed E-state index contributed by atoms with van der Waals surface area (Å²) in [5, 5.41) is 0. The normalized spacial score (nSPS) is 14.7. The van der Waals surface area contributed by atoms with Crippen LogP contribution in [-0.4, -0.2) is 20.3 Å². The Morgan fingerprint density at radius 3 is 2.33 bits per heavy atom. The van der Waals surface area contributed by atoms with Gasteiger partial charge in [0.1, 0.15) is 5.75 Å². The van der Waals surface area contributed by atoms with Crippen molar-refractivity contribution >= 4 is 0 Å². The highest BCUT2D eigenvalue weighted by atomic mass is 16.5. The van der Waals surface area contributed by atoms with E-state index in [2.05, 4.69) is 0 Å². The first-order valence-electron chi connectivity index (χ1n) is 5.11. The van der Waals surface area contributed by atoms with E-state index in [1.165, 1.54) is 0 Å². The maximum Gasteiger partial charge on any atom is 0.119 e. The molecule has 0 aliphatic rings. The van der Waals surface area contributed by atoms with Crippen molar-refractivity contribution in [3.63, 3.8) is 0 Å². The maximum absolute atomic E-state index is 6.11. The highest BCUT2D eigenvalue weighted by Gasteiger charge is 2.20. The molecule has 0 heterocycles. The molecule has 0 fully saturated rings. The van der Waals surface area contributed by atoms with Gasteiger partial charge in [-0.3, -0.25) is 0 Å². The van der Waals surface area contributed by atoms with Crippen LogP contribution in [0, 0.1) is 0 Å². The van der Waals surface area contributed by atoms with E-state index in [-0.39, 0.29) is 0 Å². The second kappa shape index (κ2) is 5.14. The monoisotopic (exact) mass is 209 g/mol. The molecule has 0 amide bonds. The van der Waals surface area contributed by atoms with E-state index in [1.54, 1.807) is 7.11 Å². The fourth-order valence-electron chi connectivity index (χ4n) is 1.48. The lowest BCUT2D eigenvalue weighted by Gasteiger charge is -2.24. The van der Waals surface area contributed by atoms with Crippen LogP contribution in [-0.2, 0) is 10.3 Å². The average molecular weight is 209 g/mol. The molecule has 2 N–H and O–H groups in total. The molecule has 1 atom stereocenters. The van der Waals surface area contributed by atoms with Crippen molar-refractivity contribution in [2.75, 3.05) is 20.3 Å². The van der Waals surface area contributed by atoms with Gasteiger partial charge >= 0.3 is 0 Å². The van der Waals surface area contributed by atoms with Crippen molar-refractivity contribution in [1.82, 2.24) is 0 Å². The highest BCUT2D eigenvalue weighted by molar-refractivity contribution is 5.31. The van der Waals surface area contributed by atoms with E-state index >= 15 is 0 Å². The van der Waals surface area contributed by atoms with E-state index in [1.807, 2.05) is 38.1 Å². The average Bonchev–Trinajstić information content (AvgIpc) is 2.19. The van der Waals surface area contributed by atoms with Crippen molar-refractivity contribution in [2.24, 2.45) is 5.73 Å². The van der Waals surface area contributed by atoms with Gasteiger partial charge in [-0.2, -0.15) is 0 Å². The first-order chi connectivity index (χ1) is 7.10. The molecule has 0 saturated heterocycles. The minimum absolute atomic E-state index is 0.445. The maximum atomic E-state index is 6.11. The minimum atomic E-state index is -0.445. The molecule has 0 bridgehead atoms. The lowest BCUT2D eigenvalue weighted by atomic mass is 9.94. The second-order valence-electron chi connectivity index (χ2n) is 3.81. The smallest absolute Gasteiger partial charge is 0.119 e. The van der Waals surface area contributed by atoms with Crippen LogP contribution in [0.4, 0.5) is 0 Å². The molecule has 0 aromatic heterocycles. The van der Waals surface area contributed by atoms with Gasteiger partial charge in [0.2, 0.25) is 0 Å². The van der Waals surface area contributed by atoms with Crippen molar-refractivity contribution in [2.45, 2.75) is 19.4 Å². The first-order valence-corrected chi connectivity index (χ1v) is 5.11. The topological polar surface area (TPSA) is 44.5 Å². The second-order valence-corrected chi connectivity index (χ2v) is 3.81. The molecule has 0 radical (unpaired) electrons. The van der Waals surface area contributed by atoms with Crippen LogP contribution in [0.2, 0.25) is 0 Å². The molecule has 1 rings (SSSR count). The summed E-state index contributed by atoms with van der Waals surface area (Å²) < 4.78 is 10.4. The Labute approximate surface area is 91.2 Å². The van der Waals surface area contributed by atoms with Crippen LogP contribution < -0.4 is 10.5 Å². The molecule has 0 aliphatic carbocycles. The molecule has 0 spiro atoms. The third kappa shape index (κ3) is 3.22. The van der Waals surface area contributed by atoms with Gasteiger partial charge in [-0.25, -0.2) is 0 Å². The number of rotatable bonds is 5. The number of methoxy groups -OCH3 is 1. The number of ether oxygens (including phenoxy) is 2. The summed E-state index contributed by atoms with van der Waals surface area (Å²) in [5.41, 5.74) is 6.71. The Morgan fingerprint density at radius 1 is 1.27 bits per heavy atom. The van der Waals surface area contributed by atoms with E-state index in [4.69, 9.17) is 15.2 Å². The molecule has 1 aromatic rings. The molecule has 15 heavy (non-hydrogen) atoms. The Bertz CT molecular complexity index is 293. The SMILES string of the molecule is CCOc1ccc(C(C)(N)COC)cc1. The quantitative estimate of drug-likeness (QED) is 0.805. The zero-order valence-corrected chi connectivity index (χ0v) is 9.62. The zero-order chi connectivity index (χ0) is 11.3. The van der Waals surface area contributed by atoms with E-state index in [0.717, 1.165) is 11.3 Å². The molecular formula is C12H19NO2. The van der Waals surface area contributed by atoms with Crippen LogP contribution in [0.5, 0.6) is 5.75 Å². The lowest BCUT2D eigenvalue weighted by Crippen LogP contribution is -2.37. The molecule has 0 aliphatic heterocycles. The molecule has 3 nitrogen and oxygen atoms in total. The molecule has 1 aromatic carbocycles. The third-order valence-corrected chi connectivity index (χ3v) is 2.27. The third-order valence-electron chi connectivity index (χ3n) is 2.27. The zero-order valence-electron chi connectivity index (χ0n) is 9.62. The fourth-order valence-corrected chi connectivity index (χ4v) is 1.48. The van der Waals surface area contributed by atoms with Gasteiger partial charge in [0.15, 0.2) is 0 Å². The lowest BCUT2D eigenvalue weighted by molar-refractivity contribution is 0.141. The predicted octanol–water partition coefficient (Wildman–Crippen LogP) is 1.91. The van der Waals surface area contributed by atoms with Gasteiger partial charge in [-0.05, 0) is 31.5 Å². The first kappa shape index (κ1) is 12.0. The Kier molecular flexibility index (Phi) is 4.12. The van der Waals surface area contributed by atoms with Crippen LogP contribution in [0.3, 0.4) is 0 Å². The summed E-state index contributed by atoms with van der Waals surface area (Å²) in [7, 11) is 1.65. The minimum Gasteiger partial charge on any atom is -0.494 e. The summed E-state index contributed by atoms with van der Waals surface area (Å²) >= 11 is 0. The van der Waals surface area contributed by atoms with Crippen molar-refractivity contribution in [3.8, 4) is 5.75 Å². The van der Waals surface area contributed by atoms with Gasteiger partial charge in [-0.15, -0.1) is 0 Å². The predicted molar refractivity (Wildman–Crippen MR) is 61.0 cm³/mol. The summed E-state index contributed by atoms with van der Waals surface area (Å²) in [5.74, 6) is 0.870. The number of benzene rings is 1. The van der Waals surface area contributed by atoms with Gasteiger partial charge in [0.05, 0.1) is 18.8 Å². The molecule has 1 unspecified atom stereocenters. The molecule has 84 valence electrons. The summed E-state index contributed by atoms with van der Waals surface area (Å²) in [6, 6.07) is 7.81. The van der Waals surface area contributed by atoms with Crippen molar-refractivity contribution < 1.29 is 9.47 Å². The van der Waals surface area contributed by atoms with E-state index < -0.39 is 5.54 Å². The fraction of sp³-hybridized carbons (Fsp3) is 0.500. The number of hydrogen-bond donors (Lipinski definition) is 1. The van der Waals surface area contributed by atoms with Gasteiger partial charge in [-0.1, -0.05) is 12.1 Å². The number of nitrogens with two attached hydrogens (primary N) is 1. The van der Waals surface area contributed by atoms with Crippen LogP contribution >= 0.6 is 0 Å². The van der Waals surface area contributed by atoms with Gasteiger partial charge < -0.3 is 15.2 Å². The summed E-state index contributed by atoms with van der Waals surface area (Å²) in [6.07, 6.45) is 0. The summed E-state index contributed by atoms with van der Waals surface area (Å²) in [4.78, 5) is 0.